The molecule has 2 rings (SSSR count). The Morgan fingerprint density at radius 3 is 2.29 bits per heavy atom. The Labute approximate surface area is 127 Å². The lowest BCUT2D eigenvalue weighted by Crippen LogP contribution is -2.47. The molecule has 0 saturated carbocycles. The first kappa shape index (κ1) is 15.8. The smallest absolute Gasteiger partial charge is 0.257 e. The van der Waals surface area contributed by atoms with E-state index in [0.29, 0.717) is 11.3 Å². The second-order valence-corrected chi connectivity index (χ2v) is 6.76. The molecule has 0 radical (unpaired) electrons. The molecule has 1 aliphatic rings. The zero-order chi connectivity index (χ0) is 15.6. The van der Waals surface area contributed by atoms with Crippen LogP contribution in [-0.2, 0) is 5.41 Å². The van der Waals surface area contributed by atoms with Crippen molar-refractivity contribution in [2.75, 3.05) is 40.3 Å². The van der Waals surface area contributed by atoms with E-state index in [4.69, 9.17) is 4.74 Å². The van der Waals surface area contributed by atoms with E-state index in [0.717, 1.165) is 31.7 Å². The second kappa shape index (κ2) is 6.06. The minimum absolute atomic E-state index is 0.0173. The van der Waals surface area contributed by atoms with Gasteiger partial charge in [-0.2, -0.15) is 0 Å². The third-order valence-electron chi connectivity index (χ3n) is 4.09. The van der Waals surface area contributed by atoms with Crippen LogP contribution in [0.5, 0.6) is 5.75 Å². The maximum Gasteiger partial charge on any atom is 0.257 e. The van der Waals surface area contributed by atoms with E-state index in [2.05, 4.69) is 32.7 Å². The van der Waals surface area contributed by atoms with Crippen molar-refractivity contribution < 1.29 is 9.53 Å². The standard InChI is InChI=1S/C17H26N2O2/c1-17(2,3)13-6-7-15(21-5)14(12-13)16(20)19-10-8-18(4)9-11-19/h6-7,12H,8-11H2,1-5H3. The largest absolute Gasteiger partial charge is 0.496 e. The molecule has 1 amide bonds. The van der Waals surface area contributed by atoms with Gasteiger partial charge in [-0.3, -0.25) is 4.79 Å². The summed E-state index contributed by atoms with van der Waals surface area (Å²) < 4.78 is 5.39. The Morgan fingerprint density at radius 1 is 1.14 bits per heavy atom. The number of carbonyl (C=O) groups excluding carboxylic acids is 1. The second-order valence-electron chi connectivity index (χ2n) is 6.76. The number of methoxy groups -OCH3 is 1. The highest BCUT2D eigenvalue weighted by atomic mass is 16.5. The van der Waals surface area contributed by atoms with Crippen LogP contribution in [0.1, 0.15) is 36.7 Å². The van der Waals surface area contributed by atoms with Gasteiger partial charge in [0.2, 0.25) is 0 Å². The van der Waals surface area contributed by atoms with Crippen LogP contribution in [0.15, 0.2) is 18.2 Å². The van der Waals surface area contributed by atoms with E-state index in [9.17, 15) is 4.79 Å². The van der Waals surface area contributed by atoms with Crippen LogP contribution in [-0.4, -0.2) is 56.0 Å². The lowest BCUT2D eigenvalue weighted by atomic mass is 9.86. The predicted molar refractivity (Wildman–Crippen MR) is 85.1 cm³/mol. The van der Waals surface area contributed by atoms with E-state index in [1.165, 1.54) is 0 Å². The van der Waals surface area contributed by atoms with Gasteiger partial charge >= 0.3 is 0 Å². The minimum Gasteiger partial charge on any atom is -0.496 e. The first-order valence-corrected chi connectivity index (χ1v) is 7.49. The number of likely N-dealkylation sites (N-methyl/N-ethyl adjacent to an activating group) is 1. The summed E-state index contributed by atoms with van der Waals surface area (Å²) in [7, 11) is 3.70. The molecule has 0 bridgehead atoms. The Kier molecular flexibility index (Phi) is 4.57. The van der Waals surface area contributed by atoms with Crippen LogP contribution < -0.4 is 4.74 Å². The Hall–Kier alpha value is -1.55. The molecule has 1 aliphatic heterocycles. The topological polar surface area (TPSA) is 32.8 Å². The maximum absolute atomic E-state index is 12.8. The Bertz CT molecular complexity index is 512. The lowest BCUT2D eigenvalue weighted by Gasteiger charge is -2.33. The molecule has 1 heterocycles. The van der Waals surface area contributed by atoms with Gasteiger partial charge in [-0.05, 0) is 30.2 Å². The van der Waals surface area contributed by atoms with Gasteiger partial charge < -0.3 is 14.5 Å². The SMILES string of the molecule is COc1ccc(C(C)(C)C)cc1C(=O)N1CCN(C)CC1. The molecular formula is C17H26N2O2. The number of amides is 1. The van der Waals surface area contributed by atoms with Crippen molar-refractivity contribution >= 4 is 5.91 Å². The summed E-state index contributed by atoms with van der Waals surface area (Å²) >= 11 is 0. The van der Waals surface area contributed by atoms with Crippen molar-refractivity contribution in [1.82, 2.24) is 9.80 Å². The highest BCUT2D eigenvalue weighted by Gasteiger charge is 2.25. The molecule has 0 N–H and O–H groups in total. The van der Waals surface area contributed by atoms with Crippen molar-refractivity contribution in [2.45, 2.75) is 26.2 Å². The summed E-state index contributed by atoms with van der Waals surface area (Å²) in [6.07, 6.45) is 0. The van der Waals surface area contributed by atoms with Gasteiger partial charge in [0.15, 0.2) is 0 Å². The molecule has 4 heteroatoms. The van der Waals surface area contributed by atoms with E-state index in [1.54, 1.807) is 7.11 Å². The fourth-order valence-corrected chi connectivity index (χ4v) is 2.52. The van der Waals surface area contributed by atoms with Gasteiger partial charge in [0.1, 0.15) is 5.75 Å². The number of hydrogen-bond donors (Lipinski definition) is 0. The van der Waals surface area contributed by atoms with Crippen LogP contribution in [0.25, 0.3) is 0 Å². The highest BCUT2D eigenvalue weighted by Crippen LogP contribution is 2.29. The average molecular weight is 290 g/mol. The van der Waals surface area contributed by atoms with Crippen molar-refractivity contribution in [1.29, 1.82) is 0 Å². The van der Waals surface area contributed by atoms with Gasteiger partial charge in [0, 0.05) is 26.2 Å². The number of carbonyl (C=O) groups is 1. The Morgan fingerprint density at radius 2 is 1.76 bits per heavy atom. The molecule has 0 atom stereocenters. The van der Waals surface area contributed by atoms with Crippen LogP contribution in [0.4, 0.5) is 0 Å². The molecule has 0 aromatic heterocycles. The molecule has 1 aromatic rings. The summed E-state index contributed by atoms with van der Waals surface area (Å²) in [4.78, 5) is 17.0. The zero-order valence-electron chi connectivity index (χ0n) is 13.8. The van der Waals surface area contributed by atoms with Gasteiger partial charge in [-0.1, -0.05) is 26.8 Å². The van der Waals surface area contributed by atoms with Gasteiger partial charge in [0.25, 0.3) is 5.91 Å². The quantitative estimate of drug-likeness (QED) is 0.838. The monoisotopic (exact) mass is 290 g/mol. The number of ether oxygens (including phenoxy) is 1. The summed E-state index contributed by atoms with van der Waals surface area (Å²) in [5.41, 5.74) is 1.85. The van der Waals surface area contributed by atoms with Gasteiger partial charge in [-0.15, -0.1) is 0 Å². The molecule has 4 nitrogen and oxygen atoms in total. The number of nitrogens with zero attached hydrogens (tertiary/aromatic N) is 2. The summed E-state index contributed by atoms with van der Waals surface area (Å²) in [5.74, 6) is 0.734. The summed E-state index contributed by atoms with van der Waals surface area (Å²) in [5, 5.41) is 0. The third kappa shape index (κ3) is 3.56. The zero-order valence-corrected chi connectivity index (χ0v) is 13.8. The van der Waals surface area contributed by atoms with Crippen molar-refractivity contribution in [3.05, 3.63) is 29.3 Å². The molecule has 0 spiro atoms. The molecule has 1 fully saturated rings. The number of rotatable bonds is 2. The van der Waals surface area contributed by atoms with Gasteiger partial charge in [-0.25, -0.2) is 0 Å². The van der Waals surface area contributed by atoms with Crippen molar-refractivity contribution in [3.63, 3.8) is 0 Å². The van der Waals surface area contributed by atoms with Crippen molar-refractivity contribution in [3.8, 4) is 5.75 Å². The van der Waals surface area contributed by atoms with Crippen LogP contribution in [0.2, 0.25) is 0 Å². The first-order valence-electron chi connectivity index (χ1n) is 7.49. The van der Waals surface area contributed by atoms with E-state index in [-0.39, 0.29) is 11.3 Å². The molecule has 21 heavy (non-hydrogen) atoms. The first-order chi connectivity index (χ1) is 9.82. The predicted octanol–water partition coefficient (Wildman–Crippen LogP) is 2.38. The fourth-order valence-electron chi connectivity index (χ4n) is 2.52. The van der Waals surface area contributed by atoms with Crippen LogP contribution >= 0.6 is 0 Å². The average Bonchev–Trinajstić information content (AvgIpc) is 2.45. The number of piperazine rings is 1. The molecule has 0 aliphatic carbocycles. The lowest BCUT2D eigenvalue weighted by molar-refractivity contribution is 0.0660. The summed E-state index contributed by atoms with van der Waals surface area (Å²) in [6, 6.07) is 5.93. The van der Waals surface area contributed by atoms with Crippen molar-refractivity contribution in [2.24, 2.45) is 0 Å². The fraction of sp³-hybridized carbons (Fsp3) is 0.588. The normalized spacial score (nSPS) is 16.9. The number of hydrogen-bond acceptors (Lipinski definition) is 3. The van der Waals surface area contributed by atoms with Crippen LogP contribution in [0.3, 0.4) is 0 Å². The molecule has 0 unspecified atom stereocenters. The molecule has 1 aromatic carbocycles. The molecule has 116 valence electrons. The van der Waals surface area contributed by atoms with E-state index < -0.39 is 0 Å². The summed E-state index contributed by atoms with van der Waals surface area (Å²) in [6.45, 7) is 9.85. The van der Waals surface area contributed by atoms with Gasteiger partial charge in [0.05, 0.1) is 12.7 Å². The van der Waals surface area contributed by atoms with Crippen LogP contribution in [0, 0.1) is 0 Å². The van der Waals surface area contributed by atoms with E-state index >= 15 is 0 Å². The maximum atomic E-state index is 12.8. The highest BCUT2D eigenvalue weighted by molar-refractivity contribution is 5.97. The molecule has 1 saturated heterocycles. The molecular weight excluding hydrogens is 264 g/mol. The minimum atomic E-state index is 0.0173. The Balaban J connectivity index is 2.30. The number of benzene rings is 1. The third-order valence-corrected chi connectivity index (χ3v) is 4.09. The van der Waals surface area contributed by atoms with E-state index in [1.807, 2.05) is 23.1 Å².